The molecule has 0 unspecified atom stereocenters. The molecule has 3 N–H and O–H groups in total. The summed E-state index contributed by atoms with van der Waals surface area (Å²) in [5.74, 6) is -1.32. The number of halogens is 1. The number of nitrogens with one attached hydrogen (secondary N) is 2. The third-order valence-electron chi connectivity index (χ3n) is 7.77. The van der Waals surface area contributed by atoms with E-state index >= 15 is 0 Å². The van der Waals surface area contributed by atoms with Gasteiger partial charge in [0.2, 0.25) is 11.8 Å². The molecule has 0 bridgehead atoms. The summed E-state index contributed by atoms with van der Waals surface area (Å²) in [4.78, 5) is 34.6. The highest BCUT2D eigenvalue weighted by molar-refractivity contribution is 7.92. The van der Waals surface area contributed by atoms with Gasteiger partial charge in [-0.3, -0.25) is 0 Å². The number of ether oxygens (including phenoxy) is 3. The predicted octanol–water partition coefficient (Wildman–Crippen LogP) is 6.09. The third kappa shape index (κ3) is 12.3. The normalized spacial score (nSPS) is 15.8. The molecule has 2 heterocycles. The summed E-state index contributed by atoms with van der Waals surface area (Å²) in [5, 5.41) is 12.9. The van der Waals surface area contributed by atoms with Gasteiger partial charge < -0.3 is 29.5 Å². The van der Waals surface area contributed by atoms with Crippen LogP contribution in [0.4, 0.5) is 10.7 Å². The van der Waals surface area contributed by atoms with E-state index in [1.54, 1.807) is 11.0 Å². The molecule has 0 radical (unpaired) electrons. The van der Waals surface area contributed by atoms with E-state index in [1.165, 1.54) is 18.2 Å². The number of hydrogen-bond donors (Lipinski definition) is 3. The number of carbonyl (C=O) groups is 2. The smallest absolute Gasteiger partial charge is 0.410 e. The van der Waals surface area contributed by atoms with Crippen LogP contribution in [0.15, 0.2) is 53.4 Å². The highest BCUT2D eigenvalue weighted by atomic mass is 35.5. The monoisotopic (exact) mass is 747 g/mol. The lowest BCUT2D eigenvalue weighted by Gasteiger charge is -2.35. The van der Waals surface area contributed by atoms with Crippen molar-refractivity contribution in [2.24, 2.45) is 5.41 Å². The number of aryl methyl sites for hydroxylation is 2. The van der Waals surface area contributed by atoms with E-state index in [0.29, 0.717) is 31.9 Å². The van der Waals surface area contributed by atoms with Crippen LogP contribution < -0.4 is 14.8 Å². The van der Waals surface area contributed by atoms with E-state index in [4.69, 9.17) is 14.2 Å². The van der Waals surface area contributed by atoms with Crippen molar-refractivity contribution in [2.75, 3.05) is 37.6 Å². The molecule has 1 fully saturated rings. The van der Waals surface area contributed by atoms with Crippen molar-refractivity contribution < 1.29 is 37.3 Å². The number of nitrogens with zero attached hydrogens (tertiary/aromatic N) is 3. The highest BCUT2D eigenvalue weighted by Gasteiger charge is 2.29. The predicted molar refractivity (Wildman–Crippen MR) is 197 cm³/mol. The highest BCUT2D eigenvalue weighted by Crippen LogP contribution is 2.30. The minimum atomic E-state index is -4.26. The first-order chi connectivity index (χ1) is 23.3. The maximum absolute atomic E-state index is 13.4. The van der Waals surface area contributed by atoms with Crippen LogP contribution >= 0.6 is 12.4 Å². The number of carbonyl (C=O) groups excluding carboxylic acids is 1. The molecule has 2 aromatic carbocycles. The molecule has 0 aliphatic carbocycles. The largest absolute Gasteiger partial charge is 0.478 e. The molecule has 0 spiro atoms. The van der Waals surface area contributed by atoms with Gasteiger partial charge in [0.15, 0.2) is 0 Å². The number of hydrogen-bond acceptors (Lipinski definition) is 10. The Morgan fingerprint density at radius 2 is 1.71 bits per heavy atom. The van der Waals surface area contributed by atoms with Gasteiger partial charge in [0.05, 0.1) is 35.4 Å². The Morgan fingerprint density at radius 1 is 1.04 bits per heavy atom. The average Bonchev–Trinajstić information content (AvgIpc) is 3.01. The number of rotatable bonds is 12. The van der Waals surface area contributed by atoms with E-state index in [-0.39, 0.29) is 65.0 Å². The lowest BCUT2D eigenvalue weighted by Crippen LogP contribution is -2.52. The number of morpholine rings is 1. The Morgan fingerprint density at radius 3 is 2.33 bits per heavy atom. The number of carboxylic acid groups (broad SMARTS) is 1. The minimum absolute atomic E-state index is 0. The van der Waals surface area contributed by atoms with Crippen molar-refractivity contribution in [1.82, 2.24) is 20.2 Å². The Kier molecular flexibility index (Phi) is 13.8. The molecule has 280 valence electrons. The van der Waals surface area contributed by atoms with E-state index in [0.717, 1.165) is 29.2 Å². The number of benzene rings is 2. The van der Waals surface area contributed by atoms with Crippen molar-refractivity contribution >= 4 is 40.4 Å². The van der Waals surface area contributed by atoms with Gasteiger partial charge in [0.1, 0.15) is 12.2 Å². The Bertz CT molecular complexity index is 1770. The topological polar surface area (TPSA) is 169 Å². The van der Waals surface area contributed by atoms with Gasteiger partial charge in [0.25, 0.3) is 10.0 Å². The molecule has 0 saturated carbocycles. The molecule has 13 nitrogen and oxygen atoms in total. The molecular formula is C36H50ClN5O8S. The number of amides is 1. The summed E-state index contributed by atoms with van der Waals surface area (Å²) >= 11 is 0. The summed E-state index contributed by atoms with van der Waals surface area (Å²) in [6.45, 7) is 17.6. The number of aromatic nitrogens is 2. The average molecular weight is 748 g/mol. The second-order valence-corrected chi connectivity index (χ2v) is 16.4. The minimum Gasteiger partial charge on any atom is -0.478 e. The molecular weight excluding hydrogens is 698 g/mol. The zero-order valence-corrected chi connectivity index (χ0v) is 32.1. The second kappa shape index (κ2) is 17.0. The Labute approximate surface area is 307 Å². The van der Waals surface area contributed by atoms with E-state index in [9.17, 15) is 23.1 Å². The van der Waals surface area contributed by atoms with Crippen LogP contribution in [-0.2, 0) is 19.5 Å². The molecule has 4 rings (SSSR count). The molecule has 1 saturated heterocycles. The fraction of sp³-hybridized carbons (Fsp3) is 0.500. The first-order valence-corrected chi connectivity index (χ1v) is 18.1. The van der Waals surface area contributed by atoms with Gasteiger partial charge in [-0.05, 0) is 75.8 Å². The standard InChI is InChI=1S/C36H49N5O8S.ClH/c1-23-11-9-12-24(2)31(23)29-18-30(39-33(38-29)40-50(45,46)28-14-10-13-25(17-28)32(42)43)48-22-26(19-35(3,4)5)37-20-27-21-41(15-16-47-27)34(44)49-36(6,7)8;/h9-14,17-18,26-27,37H,15-16,19-22H2,1-8H3,(H,42,43)(H,38,39,40);1H/t26-,27-;/m1./s1. The van der Waals surface area contributed by atoms with E-state index in [1.807, 2.05) is 52.8 Å². The van der Waals surface area contributed by atoms with Gasteiger partial charge in [-0.15, -0.1) is 12.4 Å². The van der Waals surface area contributed by atoms with Crippen LogP contribution in [0.1, 0.15) is 69.4 Å². The molecule has 1 amide bonds. The lowest BCUT2D eigenvalue weighted by molar-refractivity contribution is -0.0423. The van der Waals surface area contributed by atoms with Gasteiger partial charge >= 0.3 is 12.1 Å². The first kappa shape index (κ1) is 41.4. The number of aromatic carboxylic acids is 1. The van der Waals surface area contributed by atoms with E-state index < -0.39 is 21.6 Å². The van der Waals surface area contributed by atoms with Crippen LogP contribution in [0.5, 0.6) is 5.88 Å². The van der Waals surface area contributed by atoms with Crippen molar-refractivity contribution in [3.05, 3.63) is 65.2 Å². The summed E-state index contributed by atoms with van der Waals surface area (Å²) in [6, 6.07) is 12.4. The third-order valence-corrected chi connectivity index (χ3v) is 9.10. The zero-order valence-electron chi connectivity index (χ0n) is 30.5. The molecule has 1 aromatic heterocycles. The fourth-order valence-corrected chi connectivity index (χ4v) is 6.60. The van der Waals surface area contributed by atoms with Gasteiger partial charge in [-0.2, -0.15) is 4.98 Å². The maximum atomic E-state index is 13.4. The van der Waals surface area contributed by atoms with Crippen LogP contribution in [0, 0.1) is 19.3 Å². The number of anilines is 1. The molecule has 1 aliphatic rings. The molecule has 15 heteroatoms. The summed E-state index contributed by atoms with van der Waals surface area (Å²) < 4.78 is 47.0. The van der Waals surface area contributed by atoms with Gasteiger partial charge in [-0.1, -0.05) is 45.0 Å². The molecule has 51 heavy (non-hydrogen) atoms. The van der Waals surface area contributed by atoms with E-state index in [2.05, 4.69) is 40.8 Å². The molecule has 3 aromatic rings. The van der Waals surface area contributed by atoms with Crippen LogP contribution in [0.3, 0.4) is 0 Å². The Balaban J connectivity index is 0.00000702. The molecule has 1 aliphatic heterocycles. The van der Waals surface area contributed by atoms with Crippen molar-refractivity contribution in [1.29, 1.82) is 0 Å². The van der Waals surface area contributed by atoms with Gasteiger partial charge in [-0.25, -0.2) is 27.7 Å². The van der Waals surface area contributed by atoms with Crippen molar-refractivity contribution in [2.45, 2.75) is 84.5 Å². The summed E-state index contributed by atoms with van der Waals surface area (Å²) in [6.07, 6.45) is 0.0999. The number of sulfonamides is 1. The maximum Gasteiger partial charge on any atom is 0.410 e. The second-order valence-electron chi connectivity index (χ2n) is 14.7. The summed E-state index contributed by atoms with van der Waals surface area (Å²) in [5.41, 5.74) is 2.29. The van der Waals surface area contributed by atoms with Crippen molar-refractivity contribution in [3.63, 3.8) is 0 Å². The van der Waals surface area contributed by atoms with Crippen LogP contribution in [-0.4, -0.2) is 91.0 Å². The first-order valence-electron chi connectivity index (χ1n) is 16.6. The van der Waals surface area contributed by atoms with Crippen molar-refractivity contribution in [3.8, 4) is 17.1 Å². The zero-order chi connectivity index (χ0) is 36.9. The summed E-state index contributed by atoms with van der Waals surface area (Å²) in [7, 11) is -4.26. The van der Waals surface area contributed by atoms with Crippen LogP contribution in [0.2, 0.25) is 0 Å². The number of carboxylic acids is 1. The lowest BCUT2D eigenvalue weighted by atomic mass is 9.88. The quantitative estimate of drug-likeness (QED) is 0.196. The SMILES string of the molecule is Cc1cccc(C)c1-c1cc(OC[C@@H](CC(C)(C)C)NC[C@@H]2CN(C(=O)OC(C)(C)C)CCO2)nc(NS(=O)(=O)c2cccc(C(=O)O)c2)n1.Cl. The Hall–Kier alpha value is -3.98. The van der Waals surface area contributed by atoms with Gasteiger partial charge in [0, 0.05) is 30.8 Å². The molecule has 2 atom stereocenters. The van der Waals surface area contributed by atoms with Crippen LogP contribution in [0.25, 0.3) is 11.3 Å². The fourth-order valence-electron chi connectivity index (χ4n) is 5.61.